The summed E-state index contributed by atoms with van der Waals surface area (Å²) in [6.45, 7) is 25.8. The number of ketones is 1. The van der Waals surface area contributed by atoms with Gasteiger partial charge in [0.25, 0.3) is 0 Å². The molecule has 320 valence electrons. The summed E-state index contributed by atoms with van der Waals surface area (Å²) in [5.74, 6) is -0.361. The van der Waals surface area contributed by atoms with Crippen molar-refractivity contribution in [2.24, 2.45) is 50.7 Å². The number of carbonyl (C=O) groups excluding carboxylic acids is 4. The summed E-state index contributed by atoms with van der Waals surface area (Å²) in [6.07, 6.45) is 7.01. The SMILES string of the molecule is CC(C)C1=C2C3CCC4[C@@]5(C)CC[C@H](OC(=O)CC(C)(C)C(=O)O)C(C)(C)C5CC[C@@]4(C)[C@]3(C)CCC2(NC(=O)OC2CCN(C(=O)OC(C)(C)C)CC2)CC1=O. The second-order valence-corrected chi connectivity index (χ2v) is 22.2. The van der Waals surface area contributed by atoms with Gasteiger partial charge in [0.05, 0.1) is 17.4 Å². The number of allylic oxidation sites excluding steroid dienone is 1. The number of amides is 2. The number of carboxylic acid groups (broad SMARTS) is 1. The zero-order valence-electron chi connectivity index (χ0n) is 37.0. The van der Waals surface area contributed by atoms with Crippen molar-refractivity contribution in [2.45, 2.75) is 183 Å². The molecule has 5 fully saturated rings. The summed E-state index contributed by atoms with van der Waals surface area (Å²) in [4.78, 5) is 67.1. The van der Waals surface area contributed by atoms with Gasteiger partial charge in [-0.3, -0.25) is 14.4 Å². The van der Waals surface area contributed by atoms with E-state index in [0.717, 1.165) is 56.1 Å². The van der Waals surface area contributed by atoms with Gasteiger partial charge in [-0.1, -0.05) is 48.5 Å². The summed E-state index contributed by atoms with van der Waals surface area (Å²) in [7, 11) is 0. The van der Waals surface area contributed by atoms with Crippen molar-refractivity contribution in [3.05, 3.63) is 11.1 Å². The minimum absolute atomic E-state index is 0.0121. The molecule has 4 unspecified atom stereocenters. The van der Waals surface area contributed by atoms with Crippen molar-refractivity contribution in [1.82, 2.24) is 10.2 Å². The Morgan fingerprint density at radius 3 is 2.07 bits per heavy atom. The Morgan fingerprint density at radius 2 is 1.47 bits per heavy atom. The van der Waals surface area contributed by atoms with Crippen molar-refractivity contribution in [3.8, 4) is 0 Å². The van der Waals surface area contributed by atoms with Crippen molar-refractivity contribution in [1.29, 1.82) is 0 Å². The van der Waals surface area contributed by atoms with Crippen LogP contribution in [0.4, 0.5) is 9.59 Å². The van der Waals surface area contributed by atoms with E-state index in [0.29, 0.717) is 44.2 Å². The van der Waals surface area contributed by atoms with Crippen LogP contribution >= 0.6 is 0 Å². The van der Waals surface area contributed by atoms with Crippen molar-refractivity contribution < 1.29 is 43.3 Å². The molecule has 0 spiro atoms. The standard InChI is InChI=1S/C46H72N2O9/c1-27(2)35-30(49)25-46(47-38(53)55-28-17-23-48(24-18-28)39(54)57-40(3,4)5)22-21-44(11)29(36(35)46)13-14-32-43(10)19-16-33(56-34(50)26-41(6,7)37(51)52)42(8,9)31(43)15-20-45(32,44)12/h27-29,31-33H,13-26H2,1-12H3,(H,47,53)(H,51,52)/t29?,31?,32?,33-,43-,44+,45+,46?/m0/s1. The Balaban J connectivity index is 1.20. The molecule has 0 bridgehead atoms. The van der Waals surface area contributed by atoms with Crippen molar-refractivity contribution in [3.63, 3.8) is 0 Å². The molecule has 0 aromatic carbocycles. The molecular weight excluding hydrogens is 725 g/mol. The molecule has 2 N–H and O–H groups in total. The Morgan fingerprint density at radius 1 is 0.825 bits per heavy atom. The van der Waals surface area contributed by atoms with Crippen LogP contribution < -0.4 is 5.32 Å². The van der Waals surface area contributed by atoms with Crippen LogP contribution in [0.3, 0.4) is 0 Å². The highest BCUT2D eigenvalue weighted by atomic mass is 16.6. The van der Waals surface area contributed by atoms with Gasteiger partial charge in [-0.25, -0.2) is 9.59 Å². The highest BCUT2D eigenvalue weighted by Gasteiger charge is 2.70. The van der Waals surface area contributed by atoms with Crippen LogP contribution in [0.2, 0.25) is 0 Å². The first-order chi connectivity index (χ1) is 26.2. The number of hydrogen-bond acceptors (Lipinski definition) is 8. The van der Waals surface area contributed by atoms with E-state index in [-0.39, 0.29) is 70.4 Å². The third-order valence-electron chi connectivity index (χ3n) is 16.5. The third-order valence-corrected chi connectivity index (χ3v) is 16.5. The average molecular weight is 797 g/mol. The maximum absolute atomic E-state index is 14.1. The number of nitrogens with one attached hydrogen (secondary N) is 1. The van der Waals surface area contributed by atoms with Gasteiger partial charge in [-0.05, 0) is 137 Å². The van der Waals surface area contributed by atoms with Crippen molar-refractivity contribution in [2.75, 3.05) is 13.1 Å². The lowest BCUT2D eigenvalue weighted by Gasteiger charge is -2.72. The normalized spacial score (nSPS) is 36.7. The van der Waals surface area contributed by atoms with Gasteiger partial charge in [0.2, 0.25) is 0 Å². The molecule has 6 aliphatic rings. The number of alkyl carbamates (subject to hydrolysis) is 1. The topological polar surface area (TPSA) is 149 Å². The first-order valence-electron chi connectivity index (χ1n) is 21.9. The minimum Gasteiger partial charge on any atom is -0.481 e. The summed E-state index contributed by atoms with van der Waals surface area (Å²) in [5.41, 5.74) is -0.845. The Hall–Kier alpha value is -3.11. The van der Waals surface area contributed by atoms with Crippen LogP contribution in [0.25, 0.3) is 0 Å². The van der Waals surface area contributed by atoms with E-state index in [9.17, 15) is 29.1 Å². The fraction of sp³-hybridized carbons (Fsp3) is 0.848. The number of hydrogen-bond donors (Lipinski definition) is 2. The van der Waals surface area contributed by atoms with Gasteiger partial charge in [0.1, 0.15) is 17.8 Å². The predicted octanol–water partition coefficient (Wildman–Crippen LogP) is 9.26. The summed E-state index contributed by atoms with van der Waals surface area (Å²) in [5, 5.41) is 13.0. The molecule has 0 aromatic rings. The lowest BCUT2D eigenvalue weighted by Crippen LogP contribution is -2.67. The maximum atomic E-state index is 14.1. The monoisotopic (exact) mass is 797 g/mol. The number of ether oxygens (including phenoxy) is 3. The minimum atomic E-state index is -1.18. The number of esters is 1. The van der Waals surface area contributed by atoms with Gasteiger partial charge < -0.3 is 29.5 Å². The number of carboxylic acids is 1. The van der Waals surface area contributed by atoms with Crippen LogP contribution in [0, 0.1) is 50.7 Å². The molecule has 0 aromatic heterocycles. The molecule has 57 heavy (non-hydrogen) atoms. The molecule has 1 heterocycles. The van der Waals surface area contributed by atoms with E-state index in [1.54, 1.807) is 18.7 Å². The fourth-order valence-corrected chi connectivity index (χ4v) is 13.4. The molecule has 11 nitrogen and oxygen atoms in total. The molecular formula is C46H72N2O9. The van der Waals surface area contributed by atoms with Gasteiger partial charge in [-0.2, -0.15) is 0 Å². The predicted molar refractivity (Wildman–Crippen MR) is 216 cm³/mol. The zero-order valence-corrected chi connectivity index (χ0v) is 37.0. The summed E-state index contributed by atoms with van der Waals surface area (Å²) < 4.78 is 17.8. The second-order valence-electron chi connectivity index (χ2n) is 22.2. The van der Waals surface area contributed by atoms with Crippen LogP contribution in [0.1, 0.15) is 160 Å². The van der Waals surface area contributed by atoms with Gasteiger partial charge in [0.15, 0.2) is 5.78 Å². The van der Waals surface area contributed by atoms with Gasteiger partial charge in [0, 0.05) is 37.8 Å². The zero-order chi connectivity index (χ0) is 42.3. The van der Waals surface area contributed by atoms with E-state index < -0.39 is 34.6 Å². The number of Topliss-reactive ketones (excluding diaryl/α,β-unsaturated/α-hetero) is 1. The number of likely N-dealkylation sites (tertiary alicyclic amines) is 1. The van der Waals surface area contributed by atoms with Gasteiger partial charge in [-0.15, -0.1) is 0 Å². The fourth-order valence-electron chi connectivity index (χ4n) is 13.4. The molecule has 8 atom stereocenters. The van der Waals surface area contributed by atoms with E-state index in [2.05, 4.69) is 53.8 Å². The summed E-state index contributed by atoms with van der Waals surface area (Å²) >= 11 is 0. The Kier molecular flexibility index (Phi) is 11.1. The van der Waals surface area contributed by atoms with Crippen LogP contribution in [0.15, 0.2) is 11.1 Å². The number of carbonyl (C=O) groups is 5. The Bertz CT molecular complexity index is 1680. The first kappa shape index (κ1) is 43.5. The van der Waals surface area contributed by atoms with Crippen molar-refractivity contribution >= 4 is 29.9 Å². The highest BCUT2D eigenvalue weighted by molar-refractivity contribution is 6.02. The summed E-state index contributed by atoms with van der Waals surface area (Å²) in [6, 6.07) is 0. The first-order valence-corrected chi connectivity index (χ1v) is 21.9. The van der Waals surface area contributed by atoms with E-state index in [1.165, 1.54) is 0 Å². The molecule has 6 rings (SSSR count). The molecule has 11 heteroatoms. The number of fused-ring (bicyclic) bond motifs is 7. The quantitative estimate of drug-likeness (QED) is 0.190. The molecule has 2 amide bonds. The van der Waals surface area contributed by atoms with Crippen LogP contribution in [-0.4, -0.2) is 76.4 Å². The van der Waals surface area contributed by atoms with Crippen LogP contribution in [-0.2, 0) is 28.6 Å². The Labute approximate surface area is 341 Å². The molecule has 1 saturated heterocycles. The average Bonchev–Trinajstić information content (AvgIpc) is 3.37. The van der Waals surface area contributed by atoms with E-state index in [4.69, 9.17) is 14.2 Å². The largest absolute Gasteiger partial charge is 0.481 e. The van der Waals surface area contributed by atoms with Gasteiger partial charge >= 0.3 is 24.1 Å². The number of aliphatic carboxylic acids is 1. The number of piperidine rings is 1. The number of rotatable bonds is 7. The highest BCUT2D eigenvalue weighted by Crippen LogP contribution is 2.76. The third kappa shape index (κ3) is 7.42. The number of nitrogens with zero attached hydrogens (tertiary/aromatic N) is 1. The maximum Gasteiger partial charge on any atom is 0.410 e. The van der Waals surface area contributed by atoms with E-state index >= 15 is 0 Å². The lowest BCUT2D eigenvalue weighted by molar-refractivity contribution is -0.232. The van der Waals surface area contributed by atoms with Crippen LogP contribution in [0.5, 0.6) is 0 Å². The molecule has 4 saturated carbocycles. The second kappa shape index (κ2) is 14.6. The molecule has 5 aliphatic carbocycles. The lowest BCUT2D eigenvalue weighted by atomic mass is 9.33. The molecule has 1 aliphatic heterocycles. The smallest absolute Gasteiger partial charge is 0.410 e. The molecule has 0 radical (unpaired) electrons. The van der Waals surface area contributed by atoms with E-state index in [1.807, 2.05) is 20.8 Å².